The second kappa shape index (κ2) is 6.03. The fourth-order valence-corrected chi connectivity index (χ4v) is 2.17. The molecule has 0 fully saturated rings. The molecule has 4 heteroatoms. The Morgan fingerprint density at radius 2 is 2.17 bits per heavy atom. The van der Waals surface area contributed by atoms with Gasteiger partial charge < -0.3 is 9.73 Å². The Kier molecular flexibility index (Phi) is 4.39. The van der Waals surface area contributed by atoms with Gasteiger partial charge in [0.1, 0.15) is 5.82 Å². The molecule has 1 N–H and O–H groups in total. The quantitative estimate of drug-likeness (QED) is 0.898. The first kappa shape index (κ1) is 13.1. The third kappa shape index (κ3) is 3.34. The van der Waals surface area contributed by atoms with Crippen LogP contribution in [0.4, 0.5) is 4.39 Å². The van der Waals surface area contributed by atoms with Crippen LogP contribution in [0.5, 0.6) is 0 Å². The lowest BCUT2D eigenvalue weighted by Gasteiger charge is -2.16. The molecule has 2 aromatic rings. The van der Waals surface area contributed by atoms with E-state index in [4.69, 9.17) is 16.0 Å². The normalized spacial score (nSPS) is 12.6. The molecular weight excluding hydrogens is 253 g/mol. The van der Waals surface area contributed by atoms with Crippen molar-refractivity contribution >= 4 is 11.6 Å². The van der Waals surface area contributed by atoms with Crippen molar-refractivity contribution in [3.8, 4) is 0 Å². The highest BCUT2D eigenvalue weighted by Crippen LogP contribution is 2.19. The molecule has 1 heterocycles. The lowest BCUT2D eigenvalue weighted by molar-refractivity contribution is 0.538. The van der Waals surface area contributed by atoms with Gasteiger partial charge in [0.15, 0.2) is 0 Å². The van der Waals surface area contributed by atoms with Gasteiger partial charge in [-0.3, -0.25) is 0 Å². The molecule has 0 aliphatic carbocycles. The summed E-state index contributed by atoms with van der Waals surface area (Å²) >= 11 is 6.03. The van der Waals surface area contributed by atoms with Crippen LogP contribution in [0.15, 0.2) is 41.2 Å². The maximum absolute atomic E-state index is 13.0. The lowest BCUT2D eigenvalue weighted by Crippen LogP contribution is -2.29. The molecule has 0 saturated heterocycles. The topological polar surface area (TPSA) is 25.2 Å². The number of furan rings is 1. The average molecular weight is 268 g/mol. The van der Waals surface area contributed by atoms with Crippen LogP contribution in [0.1, 0.15) is 11.1 Å². The molecule has 0 amide bonds. The Hall–Kier alpha value is -1.32. The zero-order valence-corrected chi connectivity index (χ0v) is 10.9. The zero-order valence-electron chi connectivity index (χ0n) is 10.1. The van der Waals surface area contributed by atoms with E-state index in [0.717, 1.165) is 24.0 Å². The van der Waals surface area contributed by atoms with Crippen LogP contribution in [0.25, 0.3) is 0 Å². The molecule has 0 spiro atoms. The first-order valence-corrected chi connectivity index (χ1v) is 6.19. The molecule has 96 valence electrons. The number of hydrogen-bond acceptors (Lipinski definition) is 2. The smallest absolute Gasteiger partial charge is 0.124 e. The van der Waals surface area contributed by atoms with Gasteiger partial charge in [-0.15, -0.1) is 0 Å². The maximum atomic E-state index is 13.0. The van der Waals surface area contributed by atoms with E-state index in [-0.39, 0.29) is 11.9 Å². The third-order valence-corrected chi connectivity index (χ3v) is 3.30. The SMILES string of the molecule is CNC(Cc1ccoc1)Cc1ccc(F)cc1Cl. The van der Waals surface area contributed by atoms with Gasteiger partial charge in [-0.2, -0.15) is 0 Å². The summed E-state index contributed by atoms with van der Waals surface area (Å²) in [5.74, 6) is -0.306. The molecule has 1 atom stereocenters. The summed E-state index contributed by atoms with van der Waals surface area (Å²) in [7, 11) is 1.90. The van der Waals surface area contributed by atoms with E-state index >= 15 is 0 Å². The maximum Gasteiger partial charge on any atom is 0.124 e. The lowest BCUT2D eigenvalue weighted by atomic mass is 10.0. The van der Waals surface area contributed by atoms with E-state index in [9.17, 15) is 4.39 Å². The second-order valence-corrected chi connectivity index (χ2v) is 4.67. The summed E-state index contributed by atoms with van der Waals surface area (Å²) in [5, 5.41) is 3.71. The largest absolute Gasteiger partial charge is 0.472 e. The molecule has 2 nitrogen and oxygen atoms in total. The Balaban J connectivity index is 2.05. The highest BCUT2D eigenvalue weighted by molar-refractivity contribution is 6.31. The first-order chi connectivity index (χ1) is 8.69. The Bertz CT molecular complexity index is 499. The zero-order chi connectivity index (χ0) is 13.0. The van der Waals surface area contributed by atoms with E-state index < -0.39 is 0 Å². The number of hydrogen-bond donors (Lipinski definition) is 1. The van der Waals surface area contributed by atoms with Crippen LogP contribution in [-0.4, -0.2) is 13.1 Å². The molecular formula is C14H15ClFNO. The summed E-state index contributed by atoms with van der Waals surface area (Å²) in [5.41, 5.74) is 2.08. The summed E-state index contributed by atoms with van der Waals surface area (Å²) < 4.78 is 18.0. The molecule has 18 heavy (non-hydrogen) atoms. The van der Waals surface area contributed by atoms with Gasteiger partial charge in [-0.1, -0.05) is 17.7 Å². The summed E-state index contributed by atoms with van der Waals surface area (Å²) in [6, 6.07) is 6.70. The molecule has 1 aromatic carbocycles. The minimum Gasteiger partial charge on any atom is -0.472 e. The summed E-state index contributed by atoms with van der Waals surface area (Å²) in [6.45, 7) is 0. The average Bonchev–Trinajstić information content (AvgIpc) is 2.84. The van der Waals surface area contributed by atoms with Crippen LogP contribution < -0.4 is 5.32 Å². The van der Waals surface area contributed by atoms with E-state index in [1.807, 2.05) is 13.1 Å². The van der Waals surface area contributed by atoms with Gasteiger partial charge in [-0.05, 0) is 49.2 Å². The molecule has 0 radical (unpaired) electrons. The van der Waals surface area contributed by atoms with Crippen molar-refractivity contribution in [1.29, 1.82) is 0 Å². The summed E-state index contributed by atoms with van der Waals surface area (Å²) in [4.78, 5) is 0. The number of rotatable bonds is 5. The van der Waals surface area contributed by atoms with Crippen molar-refractivity contribution in [2.75, 3.05) is 7.05 Å². The van der Waals surface area contributed by atoms with E-state index in [1.54, 1.807) is 18.6 Å². The van der Waals surface area contributed by atoms with Gasteiger partial charge in [0.25, 0.3) is 0 Å². The summed E-state index contributed by atoms with van der Waals surface area (Å²) in [6.07, 6.45) is 4.99. The number of nitrogens with one attached hydrogen (secondary N) is 1. The molecule has 0 saturated carbocycles. The monoisotopic (exact) mass is 267 g/mol. The third-order valence-electron chi connectivity index (χ3n) is 2.95. The first-order valence-electron chi connectivity index (χ1n) is 5.81. The van der Waals surface area contributed by atoms with Crippen molar-refractivity contribution in [3.05, 3.63) is 58.8 Å². The van der Waals surface area contributed by atoms with Gasteiger partial charge in [-0.25, -0.2) is 4.39 Å². The van der Waals surface area contributed by atoms with Crippen molar-refractivity contribution in [2.24, 2.45) is 0 Å². The van der Waals surface area contributed by atoms with Gasteiger partial charge >= 0.3 is 0 Å². The molecule has 0 aliphatic heterocycles. The highest BCUT2D eigenvalue weighted by Gasteiger charge is 2.11. The minimum absolute atomic E-state index is 0.241. The van der Waals surface area contributed by atoms with Gasteiger partial charge in [0.05, 0.1) is 12.5 Å². The minimum atomic E-state index is -0.306. The van der Waals surface area contributed by atoms with E-state index in [1.165, 1.54) is 12.1 Å². The molecule has 0 bridgehead atoms. The predicted octanol–water partition coefficient (Wildman–Crippen LogP) is 3.45. The number of benzene rings is 1. The molecule has 0 aliphatic rings. The fraction of sp³-hybridized carbons (Fsp3) is 0.286. The molecule has 1 unspecified atom stereocenters. The number of likely N-dealkylation sites (N-methyl/N-ethyl adjacent to an activating group) is 1. The number of halogens is 2. The molecule has 2 rings (SSSR count). The van der Waals surface area contributed by atoms with Crippen molar-refractivity contribution in [2.45, 2.75) is 18.9 Å². The Labute approximate surface area is 111 Å². The van der Waals surface area contributed by atoms with Crippen molar-refractivity contribution in [3.63, 3.8) is 0 Å². The predicted molar refractivity (Wildman–Crippen MR) is 70.4 cm³/mol. The van der Waals surface area contributed by atoms with Crippen molar-refractivity contribution < 1.29 is 8.81 Å². The van der Waals surface area contributed by atoms with Crippen molar-refractivity contribution in [1.82, 2.24) is 5.32 Å². The fourth-order valence-electron chi connectivity index (χ4n) is 1.92. The van der Waals surface area contributed by atoms with Crippen LogP contribution in [0.2, 0.25) is 5.02 Å². The van der Waals surface area contributed by atoms with Crippen LogP contribution in [-0.2, 0) is 12.8 Å². The van der Waals surface area contributed by atoms with E-state index in [2.05, 4.69) is 5.32 Å². The van der Waals surface area contributed by atoms with Gasteiger partial charge in [0, 0.05) is 11.1 Å². The van der Waals surface area contributed by atoms with Crippen LogP contribution >= 0.6 is 11.6 Å². The Morgan fingerprint density at radius 1 is 1.33 bits per heavy atom. The molecule has 1 aromatic heterocycles. The highest BCUT2D eigenvalue weighted by atomic mass is 35.5. The van der Waals surface area contributed by atoms with Crippen LogP contribution in [0.3, 0.4) is 0 Å². The van der Waals surface area contributed by atoms with E-state index in [0.29, 0.717) is 5.02 Å². The Morgan fingerprint density at radius 3 is 2.78 bits per heavy atom. The van der Waals surface area contributed by atoms with Crippen LogP contribution in [0, 0.1) is 5.82 Å². The van der Waals surface area contributed by atoms with Gasteiger partial charge in [0.2, 0.25) is 0 Å². The standard InChI is InChI=1S/C14H15ClFNO/c1-17-13(6-10-4-5-18-9-10)7-11-2-3-12(16)8-14(11)15/h2-5,8-9,13,17H,6-7H2,1H3. The second-order valence-electron chi connectivity index (χ2n) is 4.26.